The molecular formula is C20H23N3O5S. The third-order valence-electron chi connectivity index (χ3n) is 3.97. The fourth-order valence-electron chi connectivity index (χ4n) is 2.10. The van der Waals surface area contributed by atoms with E-state index in [2.05, 4.69) is 15.8 Å². The first-order valence-electron chi connectivity index (χ1n) is 8.96. The van der Waals surface area contributed by atoms with Crippen LogP contribution in [0.25, 0.3) is 0 Å². The van der Waals surface area contributed by atoms with Crippen molar-refractivity contribution in [3.63, 3.8) is 0 Å². The van der Waals surface area contributed by atoms with Crippen LogP contribution in [-0.4, -0.2) is 32.5 Å². The summed E-state index contributed by atoms with van der Waals surface area (Å²) in [5.41, 5.74) is 3.65. The highest BCUT2D eigenvalue weighted by Gasteiger charge is 2.16. The highest BCUT2D eigenvalue weighted by atomic mass is 32.2. The standard InChI is InChI=1S/C20H23N3O5S/c1-4-15(3)22-19(24)20(25)23-21-13-16-7-9-17(10-8-16)28-29(26,27)18-11-5-14(2)6-12-18/h5-13,15H,4H2,1-3H3,(H,22,24)(H,23,25)/b21-13-/t15-/m1/s1. The monoisotopic (exact) mass is 417 g/mol. The molecule has 2 rings (SSSR count). The van der Waals surface area contributed by atoms with E-state index < -0.39 is 21.9 Å². The molecule has 0 saturated carbocycles. The SMILES string of the molecule is CC[C@@H](C)NC(=O)C(=O)N/N=C\c1ccc(OS(=O)(=O)c2ccc(C)cc2)cc1. The molecular weight excluding hydrogens is 394 g/mol. The van der Waals surface area contributed by atoms with Crippen LogP contribution in [0.5, 0.6) is 5.75 Å². The van der Waals surface area contributed by atoms with Gasteiger partial charge in [-0.05, 0) is 62.2 Å². The number of aryl methyl sites for hydroxylation is 1. The largest absolute Gasteiger partial charge is 0.379 e. The molecule has 2 amide bonds. The molecule has 0 saturated heterocycles. The first-order chi connectivity index (χ1) is 13.7. The van der Waals surface area contributed by atoms with Gasteiger partial charge in [0.1, 0.15) is 10.6 Å². The lowest BCUT2D eigenvalue weighted by Crippen LogP contribution is -2.41. The van der Waals surface area contributed by atoms with Crippen LogP contribution in [0.3, 0.4) is 0 Å². The molecule has 2 aromatic rings. The zero-order valence-electron chi connectivity index (χ0n) is 16.4. The van der Waals surface area contributed by atoms with E-state index >= 15 is 0 Å². The summed E-state index contributed by atoms with van der Waals surface area (Å²) >= 11 is 0. The van der Waals surface area contributed by atoms with Crippen molar-refractivity contribution in [2.45, 2.75) is 38.1 Å². The first kappa shape index (κ1) is 22.1. The second kappa shape index (κ2) is 9.83. The fourth-order valence-corrected chi connectivity index (χ4v) is 3.03. The van der Waals surface area contributed by atoms with Crippen molar-refractivity contribution < 1.29 is 22.2 Å². The van der Waals surface area contributed by atoms with Crippen LogP contribution in [0.4, 0.5) is 0 Å². The lowest BCUT2D eigenvalue weighted by atomic mass is 10.2. The van der Waals surface area contributed by atoms with Crippen LogP contribution >= 0.6 is 0 Å². The number of hydrogen-bond donors (Lipinski definition) is 2. The molecule has 0 unspecified atom stereocenters. The molecule has 8 nitrogen and oxygen atoms in total. The quantitative estimate of drug-likeness (QED) is 0.310. The summed E-state index contributed by atoms with van der Waals surface area (Å²) in [6, 6.07) is 12.3. The maximum Gasteiger partial charge on any atom is 0.339 e. The van der Waals surface area contributed by atoms with E-state index in [4.69, 9.17) is 4.18 Å². The number of hydrazone groups is 1. The van der Waals surface area contributed by atoms with Crippen molar-refractivity contribution in [3.8, 4) is 5.75 Å². The molecule has 0 aliphatic rings. The van der Waals surface area contributed by atoms with E-state index in [9.17, 15) is 18.0 Å². The second-order valence-corrected chi connectivity index (χ2v) is 7.95. The Morgan fingerprint density at radius 2 is 1.69 bits per heavy atom. The Kier molecular flexibility index (Phi) is 7.49. The molecule has 0 aliphatic carbocycles. The van der Waals surface area contributed by atoms with Crippen molar-refractivity contribution in [1.29, 1.82) is 0 Å². The van der Waals surface area contributed by atoms with E-state index in [0.717, 1.165) is 5.56 Å². The van der Waals surface area contributed by atoms with Crippen LogP contribution in [0, 0.1) is 6.92 Å². The van der Waals surface area contributed by atoms with Crippen LogP contribution in [0.2, 0.25) is 0 Å². The molecule has 29 heavy (non-hydrogen) atoms. The Morgan fingerprint density at radius 1 is 1.07 bits per heavy atom. The summed E-state index contributed by atoms with van der Waals surface area (Å²) < 4.78 is 29.7. The molecule has 2 N–H and O–H groups in total. The van der Waals surface area contributed by atoms with Gasteiger partial charge in [0, 0.05) is 6.04 Å². The molecule has 0 aromatic heterocycles. The number of nitrogens with zero attached hydrogens (tertiary/aromatic N) is 1. The number of rotatable bonds is 7. The molecule has 0 bridgehead atoms. The molecule has 1 atom stereocenters. The van der Waals surface area contributed by atoms with E-state index in [1.54, 1.807) is 31.2 Å². The molecule has 0 fully saturated rings. The van der Waals surface area contributed by atoms with Gasteiger partial charge in [0.25, 0.3) is 0 Å². The summed E-state index contributed by atoms with van der Waals surface area (Å²) in [5.74, 6) is -1.49. The first-order valence-corrected chi connectivity index (χ1v) is 10.4. The zero-order chi connectivity index (χ0) is 21.4. The minimum Gasteiger partial charge on any atom is -0.379 e. The molecule has 0 radical (unpaired) electrons. The lowest BCUT2D eigenvalue weighted by Gasteiger charge is -2.09. The van der Waals surface area contributed by atoms with Gasteiger partial charge in [0.2, 0.25) is 0 Å². The number of benzene rings is 2. The van der Waals surface area contributed by atoms with Gasteiger partial charge in [0.15, 0.2) is 0 Å². The normalized spacial score (nSPS) is 12.4. The summed E-state index contributed by atoms with van der Waals surface area (Å²) in [6.45, 7) is 5.54. The topological polar surface area (TPSA) is 114 Å². The third-order valence-corrected chi connectivity index (χ3v) is 5.23. The lowest BCUT2D eigenvalue weighted by molar-refractivity contribution is -0.139. The van der Waals surface area contributed by atoms with E-state index in [1.165, 1.54) is 30.5 Å². The highest BCUT2D eigenvalue weighted by Crippen LogP contribution is 2.19. The van der Waals surface area contributed by atoms with Gasteiger partial charge in [-0.25, -0.2) is 5.43 Å². The summed E-state index contributed by atoms with van der Waals surface area (Å²) in [7, 11) is -3.93. The molecule has 0 aliphatic heterocycles. The van der Waals surface area contributed by atoms with Gasteiger partial charge < -0.3 is 9.50 Å². The van der Waals surface area contributed by atoms with Crippen LogP contribution in [0.15, 0.2) is 58.5 Å². The highest BCUT2D eigenvalue weighted by molar-refractivity contribution is 7.87. The zero-order valence-corrected chi connectivity index (χ0v) is 17.2. The molecule has 0 heterocycles. The predicted octanol–water partition coefficient (Wildman–Crippen LogP) is 2.13. The van der Waals surface area contributed by atoms with E-state index in [1.807, 2.05) is 13.8 Å². The Morgan fingerprint density at radius 3 is 2.28 bits per heavy atom. The van der Waals surface area contributed by atoms with Crippen LogP contribution < -0.4 is 14.9 Å². The minimum atomic E-state index is -3.93. The smallest absolute Gasteiger partial charge is 0.339 e. The number of amides is 2. The molecule has 0 spiro atoms. The van der Waals surface area contributed by atoms with E-state index in [-0.39, 0.29) is 16.7 Å². The van der Waals surface area contributed by atoms with Gasteiger partial charge in [-0.1, -0.05) is 24.6 Å². The van der Waals surface area contributed by atoms with Crippen molar-refractivity contribution in [2.75, 3.05) is 0 Å². The maximum atomic E-state index is 12.3. The van der Waals surface area contributed by atoms with Gasteiger partial charge in [0.05, 0.1) is 6.21 Å². The van der Waals surface area contributed by atoms with Crippen molar-refractivity contribution in [1.82, 2.24) is 10.7 Å². The van der Waals surface area contributed by atoms with Gasteiger partial charge in [-0.2, -0.15) is 13.5 Å². The van der Waals surface area contributed by atoms with Crippen molar-refractivity contribution in [3.05, 3.63) is 59.7 Å². The maximum absolute atomic E-state index is 12.3. The number of carbonyl (C=O) groups excluding carboxylic acids is 2. The van der Waals surface area contributed by atoms with Gasteiger partial charge in [-0.15, -0.1) is 0 Å². The molecule has 9 heteroatoms. The van der Waals surface area contributed by atoms with Crippen LogP contribution in [-0.2, 0) is 19.7 Å². The summed E-state index contributed by atoms with van der Waals surface area (Å²) in [6.07, 6.45) is 2.03. The minimum absolute atomic E-state index is 0.0621. The average Bonchev–Trinajstić information content (AvgIpc) is 2.69. The Bertz CT molecular complexity index is 984. The molecule has 154 valence electrons. The third kappa shape index (κ3) is 6.72. The Hall–Kier alpha value is -3.20. The predicted molar refractivity (Wildman–Crippen MR) is 109 cm³/mol. The average molecular weight is 417 g/mol. The fraction of sp³-hybridized carbons (Fsp3) is 0.250. The van der Waals surface area contributed by atoms with Gasteiger partial charge in [-0.3, -0.25) is 9.59 Å². The number of hydrogen-bond acceptors (Lipinski definition) is 6. The van der Waals surface area contributed by atoms with Crippen molar-refractivity contribution >= 4 is 28.1 Å². The number of carbonyl (C=O) groups is 2. The van der Waals surface area contributed by atoms with Crippen molar-refractivity contribution in [2.24, 2.45) is 5.10 Å². The Labute approximate surface area is 170 Å². The summed E-state index contributed by atoms with van der Waals surface area (Å²) in [5, 5.41) is 6.24. The molecule has 2 aromatic carbocycles. The van der Waals surface area contributed by atoms with E-state index in [0.29, 0.717) is 12.0 Å². The second-order valence-electron chi connectivity index (χ2n) is 6.40. The van der Waals surface area contributed by atoms with Gasteiger partial charge >= 0.3 is 21.9 Å². The number of nitrogens with one attached hydrogen (secondary N) is 2. The Balaban J connectivity index is 1.94. The van der Waals surface area contributed by atoms with Crippen LogP contribution in [0.1, 0.15) is 31.4 Å². The summed E-state index contributed by atoms with van der Waals surface area (Å²) in [4.78, 5) is 23.3.